The summed E-state index contributed by atoms with van der Waals surface area (Å²) >= 11 is 1.51. The first-order valence-electron chi connectivity index (χ1n) is 6.16. The van der Waals surface area contributed by atoms with Crippen LogP contribution in [0.25, 0.3) is 0 Å². The van der Waals surface area contributed by atoms with E-state index >= 15 is 0 Å². The minimum Gasteiger partial charge on any atom is -0.406 e. The Morgan fingerprint density at radius 1 is 1.61 bits per heavy atom. The number of carbonyl (C=O) groups is 1. The summed E-state index contributed by atoms with van der Waals surface area (Å²) in [6.07, 6.45) is 2.77. The quantitative estimate of drug-likeness (QED) is 0.710. The minimum absolute atomic E-state index is 0.248. The second-order valence-corrected chi connectivity index (χ2v) is 5.05. The largest absolute Gasteiger partial charge is 0.406 e. The molecule has 0 saturated heterocycles. The van der Waals surface area contributed by atoms with Crippen LogP contribution < -0.4 is 9.64 Å². The van der Waals surface area contributed by atoms with E-state index in [2.05, 4.69) is 9.88 Å². The monoisotopic (exact) mass is 270 g/mol. The lowest BCUT2D eigenvalue weighted by molar-refractivity contribution is -0.134. The van der Waals surface area contributed by atoms with Crippen LogP contribution in [-0.4, -0.2) is 37.3 Å². The van der Waals surface area contributed by atoms with Crippen molar-refractivity contribution < 1.29 is 14.3 Å². The zero-order valence-electron chi connectivity index (χ0n) is 10.7. The van der Waals surface area contributed by atoms with Gasteiger partial charge in [0.15, 0.2) is 5.13 Å². The van der Waals surface area contributed by atoms with Crippen molar-refractivity contribution in [2.75, 3.05) is 25.2 Å². The molecule has 0 atom stereocenters. The van der Waals surface area contributed by atoms with Gasteiger partial charge in [-0.3, -0.25) is 4.79 Å². The standard InChI is InChI=1S/C12H18N2O3S/c1-3-11(15)17-10-8-18-12(13-10)14(6-7-16-2)9-4-5-9/h8-9H,3-7H2,1-2H3. The first-order valence-corrected chi connectivity index (χ1v) is 7.04. The predicted molar refractivity (Wildman–Crippen MR) is 70.3 cm³/mol. The third-order valence-electron chi connectivity index (χ3n) is 2.75. The van der Waals surface area contributed by atoms with Crippen molar-refractivity contribution in [1.82, 2.24) is 4.98 Å². The molecule has 1 aromatic rings. The molecule has 1 aromatic heterocycles. The van der Waals surface area contributed by atoms with Gasteiger partial charge in [0.2, 0.25) is 5.88 Å². The van der Waals surface area contributed by atoms with Crippen molar-refractivity contribution in [2.45, 2.75) is 32.2 Å². The number of methoxy groups -OCH3 is 1. The van der Waals surface area contributed by atoms with E-state index < -0.39 is 0 Å². The number of thiazole rings is 1. The van der Waals surface area contributed by atoms with Gasteiger partial charge < -0.3 is 14.4 Å². The van der Waals surface area contributed by atoms with Crippen LogP contribution in [0.2, 0.25) is 0 Å². The van der Waals surface area contributed by atoms with Crippen LogP contribution in [0.15, 0.2) is 5.38 Å². The number of rotatable bonds is 7. The normalized spacial score (nSPS) is 14.6. The average molecular weight is 270 g/mol. The molecule has 1 fully saturated rings. The van der Waals surface area contributed by atoms with Crippen LogP contribution in [0, 0.1) is 0 Å². The first kappa shape index (κ1) is 13.3. The summed E-state index contributed by atoms with van der Waals surface area (Å²) in [7, 11) is 1.70. The van der Waals surface area contributed by atoms with Crippen LogP contribution in [0.5, 0.6) is 5.88 Å². The lowest BCUT2D eigenvalue weighted by Crippen LogP contribution is -2.29. The molecule has 18 heavy (non-hydrogen) atoms. The molecule has 0 aliphatic heterocycles. The van der Waals surface area contributed by atoms with E-state index in [1.54, 1.807) is 19.4 Å². The molecule has 0 N–H and O–H groups in total. The van der Waals surface area contributed by atoms with E-state index in [1.165, 1.54) is 24.2 Å². The van der Waals surface area contributed by atoms with E-state index in [1.807, 2.05) is 0 Å². The summed E-state index contributed by atoms with van der Waals surface area (Å²) in [6.45, 7) is 3.28. The van der Waals surface area contributed by atoms with Crippen molar-refractivity contribution in [3.05, 3.63) is 5.38 Å². The number of aromatic nitrogens is 1. The number of carbonyl (C=O) groups excluding carboxylic acids is 1. The van der Waals surface area contributed by atoms with Gasteiger partial charge in [-0.2, -0.15) is 4.98 Å². The molecule has 6 heteroatoms. The molecule has 1 aliphatic carbocycles. The maximum absolute atomic E-state index is 11.2. The highest BCUT2D eigenvalue weighted by Gasteiger charge is 2.30. The molecule has 0 aromatic carbocycles. The fourth-order valence-corrected chi connectivity index (χ4v) is 2.45. The van der Waals surface area contributed by atoms with Gasteiger partial charge >= 0.3 is 5.97 Å². The van der Waals surface area contributed by atoms with Crippen LogP contribution in [0.4, 0.5) is 5.13 Å². The van der Waals surface area contributed by atoms with E-state index in [-0.39, 0.29) is 5.97 Å². The summed E-state index contributed by atoms with van der Waals surface area (Å²) in [4.78, 5) is 17.8. The number of anilines is 1. The van der Waals surface area contributed by atoms with Crippen LogP contribution in [0.3, 0.4) is 0 Å². The topological polar surface area (TPSA) is 51.7 Å². The third kappa shape index (κ3) is 3.43. The van der Waals surface area contributed by atoms with Crippen LogP contribution in [0.1, 0.15) is 26.2 Å². The molecule has 1 aliphatic rings. The number of hydrogen-bond donors (Lipinski definition) is 0. The summed E-state index contributed by atoms with van der Waals surface area (Å²) in [5, 5.41) is 2.69. The lowest BCUT2D eigenvalue weighted by atomic mass is 10.5. The lowest BCUT2D eigenvalue weighted by Gasteiger charge is -2.20. The molecular formula is C12H18N2O3S. The van der Waals surface area contributed by atoms with Gasteiger partial charge in [0.05, 0.1) is 12.0 Å². The molecule has 1 heterocycles. The summed E-state index contributed by atoms with van der Waals surface area (Å²) < 4.78 is 10.2. The number of ether oxygens (including phenoxy) is 2. The zero-order chi connectivity index (χ0) is 13.0. The predicted octanol–water partition coefficient (Wildman–Crippen LogP) is 2.07. The van der Waals surface area contributed by atoms with E-state index in [0.29, 0.717) is 24.9 Å². The Bertz CT molecular complexity index is 404. The maximum Gasteiger partial charge on any atom is 0.312 e. The molecule has 0 unspecified atom stereocenters. The van der Waals surface area contributed by atoms with E-state index in [4.69, 9.17) is 9.47 Å². The zero-order valence-corrected chi connectivity index (χ0v) is 11.5. The number of nitrogens with zero attached hydrogens (tertiary/aromatic N) is 2. The molecule has 0 amide bonds. The highest BCUT2D eigenvalue weighted by molar-refractivity contribution is 7.13. The Labute approximate surface area is 111 Å². The molecule has 0 bridgehead atoms. The molecule has 0 radical (unpaired) electrons. The van der Waals surface area contributed by atoms with Gasteiger partial charge in [-0.05, 0) is 12.8 Å². The Balaban J connectivity index is 1.99. The van der Waals surface area contributed by atoms with Gasteiger partial charge in [0, 0.05) is 26.1 Å². The molecular weight excluding hydrogens is 252 g/mol. The Hall–Kier alpha value is -1.14. The van der Waals surface area contributed by atoms with Crippen molar-refractivity contribution in [1.29, 1.82) is 0 Å². The first-order chi connectivity index (χ1) is 8.74. The molecule has 5 nitrogen and oxygen atoms in total. The maximum atomic E-state index is 11.2. The summed E-state index contributed by atoms with van der Waals surface area (Å²) in [5.74, 6) is 0.159. The third-order valence-corrected chi connectivity index (χ3v) is 3.60. The van der Waals surface area contributed by atoms with Crippen molar-refractivity contribution >= 4 is 22.4 Å². The Morgan fingerprint density at radius 3 is 3.00 bits per heavy atom. The smallest absolute Gasteiger partial charge is 0.312 e. The van der Waals surface area contributed by atoms with Crippen molar-refractivity contribution in [3.63, 3.8) is 0 Å². The van der Waals surface area contributed by atoms with Crippen LogP contribution in [-0.2, 0) is 9.53 Å². The Morgan fingerprint density at radius 2 is 2.39 bits per heavy atom. The van der Waals surface area contributed by atoms with Gasteiger partial charge in [-0.1, -0.05) is 6.92 Å². The Kier molecular flexibility index (Phi) is 4.54. The fourth-order valence-electron chi connectivity index (χ4n) is 1.63. The molecule has 2 rings (SSSR count). The molecule has 1 saturated carbocycles. The second kappa shape index (κ2) is 6.15. The fraction of sp³-hybridized carbons (Fsp3) is 0.667. The summed E-state index contributed by atoms with van der Waals surface area (Å²) in [6, 6.07) is 0.570. The number of esters is 1. The van der Waals surface area contributed by atoms with Crippen molar-refractivity contribution in [3.8, 4) is 5.88 Å². The average Bonchev–Trinajstić information content (AvgIpc) is 3.11. The van der Waals surface area contributed by atoms with Crippen molar-refractivity contribution in [2.24, 2.45) is 0 Å². The molecule has 0 spiro atoms. The van der Waals surface area contributed by atoms with E-state index in [0.717, 1.165) is 11.7 Å². The van der Waals surface area contributed by atoms with Crippen LogP contribution >= 0.6 is 11.3 Å². The SMILES string of the molecule is CCC(=O)Oc1csc(N(CCOC)C2CC2)n1. The highest BCUT2D eigenvalue weighted by atomic mass is 32.1. The highest BCUT2D eigenvalue weighted by Crippen LogP contribution is 2.34. The van der Waals surface area contributed by atoms with Gasteiger partial charge in [-0.15, -0.1) is 11.3 Å². The number of hydrogen-bond acceptors (Lipinski definition) is 6. The second-order valence-electron chi connectivity index (χ2n) is 4.21. The minimum atomic E-state index is -0.248. The molecule has 100 valence electrons. The van der Waals surface area contributed by atoms with Gasteiger partial charge in [-0.25, -0.2) is 0 Å². The van der Waals surface area contributed by atoms with E-state index in [9.17, 15) is 4.79 Å². The van der Waals surface area contributed by atoms with Gasteiger partial charge in [0.1, 0.15) is 0 Å². The summed E-state index contributed by atoms with van der Waals surface area (Å²) in [5.41, 5.74) is 0. The van der Waals surface area contributed by atoms with Gasteiger partial charge in [0.25, 0.3) is 0 Å².